The number of fused-ring (bicyclic) bond motifs is 2. The quantitative estimate of drug-likeness (QED) is 0.599. The van der Waals surface area contributed by atoms with Crippen molar-refractivity contribution in [2.24, 2.45) is 4.99 Å². The van der Waals surface area contributed by atoms with Crippen molar-refractivity contribution in [2.45, 2.75) is 0 Å². The van der Waals surface area contributed by atoms with Crippen LogP contribution in [0.4, 0.5) is 5.69 Å². The number of nitrogens with zero attached hydrogens (tertiary/aromatic N) is 1. The number of aromatic nitrogens is 1. The van der Waals surface area contributed by atoms with E-state index < -0.39 is 0 Å². The Bertz CT molecular complexity index is 989. The molecule has 6 heteroatoms. The van der Waals surface area contributed by atoms with E-state index in [9.17, 15) is 9.90 Å². The first-order chi connectivity index (χ1) is 10.6. The SMILES string of the molecule is O=C1C(c2[nH]c3cccc(Br)c3c2O)=Nc2cccc(Br)c21. The number of aromatic amines is 1. The van der Waals surface area contributed by atoms with Gasteiger partial charge in [-0.3, -0.25) is 4.79 Å². The molecular weight excluding hydrogens is 412 g/mol. The van der Waals surface area contributed by atoms with Gasteiger partial charge in [0.15, 0.2) is 5.75 Å². The third-order valence-corrected chi connectivity index (χ3v) is 4.97. The fraction of sp³-hybridized carbons (Fsp3) is 0. The van der Waals surface area contributed by atoms with Crippen LogP contribution in [0.15, 0.2) is 50.3 Å². The Hall–Kier alpha value is -1.92. The number of rotatable bonds is 1. The Morgan fingerprint density at radius 2 is 1.77 bits per heavy atom. The number of aromatic hydroxyl groups is 1. The number of aliphatic imine (C=N–C) groups is 1. The predicted octanol–water partition coefficient (Wildman–Crippen LogP) is 4.72. The van der Waals surface area contributed by atoms with Crippen LogP contribution in [0.25, 0.3) is 10.9 Å². The number of carbonyl (C=O) groups excluding carboxylic acids is 1. The average molecular weight is 420 g/mol. The van der Waals surface area contributed by atoms with Gasteiger partial charge in [0.2, 0.25) is 5.78 Å². The normalized spacial score (nSPS) is 13.5. The number of halogens is 2. The van der Waals surface area contributed by atoms with Crippen molar-refractivity contribution >= 4 is 59.9 Å². The van der Waals surface area contributed by atoms with Crippen LogP contribution >= 0.6 is 31.9 Å². The van der Waals surface area contributed by atoms with Crippen LogP contribution in [0.5, 0.6) is 5.75 Å². The van der Waals surface area contributed by atoms with E-state index >= 15 is 0 Å². The number of benzene rings is 2. The molecule has 2 heterocycles. The lowest BCUT2D eigenvalue weighted by Crippen LogP contribution is -2.12. The second kappa shape index (κ2) is 4.79. The summed E-state index contributed by atoms with van der Waals surface area (Å²) in [6.45, 7) is 0. The van der Waals surface area contributed by atoms with E-state index in [2.05, 4.69) is 41.8 Å². The number of Topliss-reactive ketones (excluding diaryl/α,β-unsaturated/α-hetero) is 1. The lowest BCUT2D eigenvalue weighted by atomic mass is 10.1. The highest BCUT2D eigenvalue weighted by molar-refractivity contribution is 9.11. The van der Waals surface area contributed by atoms with E-state index in [4.69, 9.17) is 0 Å². The summed E-state index contributed by atoms with van der Waals surface area (Å²) in [4.78, 5) is 20.1. The summed E-state index contributed by atoms with van der Waals surface area (Å²) in [5.74, 6) is -0.182. The molecule has 2 N–H and O–H groups in total. The molecule has 22 heavy (non-hydrogen) atoms. The highest BCUT2D eigenvalue weighted by Crippen LogP contribution is 2.39. The van der Waals surface area contributed by atoms with Gasteiger partial charge in [-0.25, -0.2) is 4.99 Å². The van der Waals surface area contributed by atoms with Crippen LogP contribution in [0.2, 0.25) is 0 Å². The van der Waals surface area contributed by atoms with Gasteiger partial charge < -0.3 is 10.1 Å². The monoisotopic (exact) mass is 418 g/mol. The molecule has 4 nitrogen and oxygen atoms in total. The molecule has 0 radical (unpaired) electrons. The minimum atomic E-state index is -0.208. The van der Waals surface area contributed by atoms with Crippen LogP contribution in [-0.2, 0) is 0 Å². The summed E-state index contributed by atoms with van der Waals surface area (Å²) >= 11 is 6.79. The summed E-state index contributed by atoms with van der Waals surface area (Å²) < 4.78 is 1.46. The molecule has 4 rings (SSSR count). The van der Waals surface area contributed by atoms with E-state index in [1.807, 2.05) is 24.3 Å². The molecule has 0 unspecified atom stereocenters. The van der Waals surface area contributed by atoms with E-state index in [1.54, 1.807) is 12.1 Å². The van der Waals surface area contributed by atoms with Crippen molar-refractivity contribution in [1.82, 2.24) is 4.98 Å². The molecule has 1 aliphatic rings. The Morgan fingerprint density at radius 3 is 2.50 bits per heavy atom. The first-order valence-electron chi connectivity index (χ1n) is 6.49. The third kappa shape index (κ3) is 1.80. The zero-order valence-electron chi connectivity index (χ0n) is 11.0. The lowest BCUT2D eigenvalue weighted by Gasteiger charge is -1.99. The summed E-state index contributed by atoms with van der Waals surface area (Å²) in [6, 6.07) is 10.9. The summed E-state index contributed by atoms with van der Waals surface area (Å²) in [6.07, 6.45) is 0. The maximum Gasteiger partial charge on any atom is 0.216 e. The molecule has 3 aromatic rings. The number of carbonyl (C=O) groups is 1. The fourth-order valence-electron chi connectivity index (χ4n) is 2.65. The van der Waals surface area contributed by atoms with Crippen molar-refractivity contribution in [3.8, 4) is 5.75 Å². The fourth-order valence-corrected chi connectivity index (χ4v) is 3.74. The Labute approximate surface area is 142 Å². The van der Waals surface area contributed by atoms with Gasteiger partial charge in [-0.15, -0.1) is 0 Å². The van der Waals surface area contributed by atoms with Gasteiger partial charge in [0, 0.05) is 8.95 Å². The molecule has 108 valence electrons. The van der Waals surface area contributed by atoms with Crippen LogP contribution in [-0.4, -0.2) is 21.6 Å². The zero-order valence-corrected chi connectivity index (χ0v) is 14.2. The topological polar surface area (TPSA) is 65.5 Å². The maximum atomic E-state index is 12.6. The summed E-state index contributed by atoms with van der Waals surface area (Å²) in [7, 11) is 0. The second-order valence-electron chi connectivity index (χ2n) is 4.93. The minimum absolute atomic E-state index is 0.0264. The second-order valence-corrected chi connectivity index (χ2v) is 6.64. The van der Waals surface area contributed by atoms with Crippen molar-refractivity contribution in [2.75, 3.05) is 0 Å². The van der Waals surface area contributed by atoms with Crippen LogP contribution in [0.1, 0.15) is 16.1 Å². The molecule has 0 saturated carbocycles. The first kappa shape index (κ1) is 13.7. The van der Waals surface area contributed by atoms with Crippen molar-refractivity contribution in [3.63, 3.8) is 0 Å². The van der Waals surface area contributed by atoms with Crippen molar-refractivity contribution in [1.29, 1.82) is 0 Å². The highest BCUT2D eigenvalue weighted by atomic mass is 79.9. The number of nitrogens with one attached hydrogen (secondary N) is 1. The Balaban J connectivity index is 1.95. The van der Waals surface area contributed by atoms with Gasteiger partial charge in [0.25, 0.3) is 0 Å². The van der Waals surface area contributed by atoms with Gasteiger partial charge in [-0.1, -0.05) is 12.1 Å². The molecule has 0 spiro atoms. The molecule has 0 saturated heterocycles. The molecular formula is C16H8Br2N2O2. The molecule has 0 aliphatic carbocycles. The Kier molecular flexibility index (Phi) is 2.99. The molecule has 1 aromatic heterocycles. The van der Waals surface area contributed by atoms with Gasteiger partial charge in [0.05, 0.1) is 22.2 Å². The number of hydrogen-bond acceptors (Lipinski definition) is 3. The zero-order chi connectivity index (χ0) is 15.4. The average Bonchev–Trinajstić information content (AvgIpc) is 2.99. The number of ketones is 1. The highest BCUT2D eigenvalue weighted by Gasteiger charge is 2.31. The molecule has 1 aliphatic heterocycles. The van der Waals surface area contributed by atoms with E-state index in [0.29, 0.717) is 26.8 Å². The largest absolute Gasteiger partial charge is 0.505 e. The maximum absolute atomic E-state index is 12.6. The lowest BCUT2D eigenvalue weighted by molar-refractivity contribution is 0.106. The standard InChI is InChI=1S/C16H8Br2N2O2/c17-7-3-1-5-9-11(7)15(21)13(19-9)14-16(22)12-8(18)4-2-6-10(12)20-14/h1-6,19,21H. The van der Waals surface area contributed by atoms with Crippen molar-refractivity contribution in [3.05, 3.63) is 56.6 Å². The molecule has 0 bridgehead atoms. The molecule has 0 atom stereocenters. The smallest absolute Gasteiger partial charge is 0.216 e. The number of H-pyrrole nitrogens is 1. The van der Waals surface area contributed by atoms with E-state index in [-0.39, 0.29) is 17.2 Å². The van der Waals surface area contributed by atoms with E-state index in [0.717, 1.165) is 9.99 Å². The minimum Gasteiger partial charge on any atom is -0.505 e. The van der Waals surface area contributed by atoms with Gasteiger partial charge in [0.1, 0.15) is 11.4 Å². The molecule has 2 aromatic carbocycles. The van der Waals surface area contributed by atoms with E-state index in [1.165, 1.54) is 0 Å². The molecule has 0 amide bonds. The van der Waals surface area contributed by atoms with Crippen LogP contribution in [0, 0.1) is 0 Å². The van der Waals surface area contributed by atoms with Crippen LogP contribution < -0.4 is 0 Å². The van der Waals surface area contributed by atoms with Crippen LogP contribution in [0.3, 0.4) is 0 Å². The van der Waals surface area contributed by atoms with Gasteiger partial charge >= 0.3 is 0 Å². The first-order valence-corrected chi connectivity index (χ1v) is 8.08. The third-order valence-electron chi connectivity index (χ3n) is 3.65. The van der Waals surface area contributed by atoms with Gasteiger partial charge in [-0.2, -0.15) is 0 Å². The van der Waals surface area contributed by atoms with Crippen molar-refractivity contribution < 1.29 is 9.90 Å². The van der Waals surface area contributed by atoms with Gasteiger partial charge in [-0.05, 0) is 56.1 Å². The number of hydrogen-bond donors (Lipinski definition) is 2. The Morgan fingerprint density at radius 1 is 1.05 bits per heavy atom. The summed E-state index contributed by atoms with van der Waals surface area (Å²) in [5, 5.41) is 11.1. The molecule has 0 fully saturated rings. The predicted molar refractivity (Wildman–Crippen MR) is 92.3 cm³/mol. The summed E-state index contributed by atoms with van der Waals surface area (Å²) in [5.41, 5.74) is 2.44.